The van der Waals surface area contributed by atoms with Crippen LogP contribution in [-0.4, -0.2) is 16.2 Å². The summed E-state index contributed by atoms with van der Waals surface area (Å²) in [6.07, 6.45) is 3.78. The van der Waals surface area contributed by atoms with Gasteiger partial charge in [-0.2, -0.15) is 0 Å². The standard InChI is InChI=1S/C26H24F2O2S/c1-18-5-6-21(12-19(18)2)13-22(23-14-24(27)16-25(28)15-23)4-3-11-31(30)26-9-7-20(17-29)8-10-26/h5-10,12-17H,3-4,11H2,1-2H3/b22-13+. The largest absolute Gasteiger partial charge is 0.298 e. The Morgan fingerprint density at radius 3 is 2.13 bits per heavy atom. The van der Waals surface area contributed by atoms with Crippen molar-refractivity contribution in [3.05, 3.63) is 100 Å². The average Bonchev–Trinajstić information content (AvgIpc) is 2.74. The Labute approximate surface area is 184 Å². The van der Waals surface area contributed by atoms with Crippen LogP contribution in [0.1, 0.15) is 45.5 Å². The Balaban J connectivity index is 1.80. The van der Waals surface area contributed by atoms with Gasteiger partial charge in [0.2, 0.25) is 0 Å². The van der Waals surface area contributed by atoms with Crippen LogP contribution in [0, 0.1) is 25.5 Å². The quantitative estimate of drug-likeness (QED) is 0.296. The summed E-state index contributed by atoms with van der Waals surface area (Å²) in [6, 6.07) is 16.2. The van der Waals surface area contributed by atoms with E-state index >= 15 is 0 Å². The van der Waals surface area contributed by atoms with Crippen LogP contribution in [0.4, 0.5) is 8.78 Å². The minimum atomic E-state index is -1.22. The van der Waals surface area contributed by atoms with Gasteiger partial charge >= 0.3 is 0 Å². The third-order valence-corrected chi connectivity index (χ3v) is 6.62. The van der Waals surface area contributed by atoms with E-state index in [4.69, 9.17) is 0 Å². The molecule has 0 amide bonds. The van der Waals surface area contributed by atoms with E-state index in [2.05, 4.69) is 0 Å². The molecule has 0 saturated carbocycles. The van der Waals surface area contributed by atoms with Crippen LogP contribution < -0.4 is 0 Å². The highest BCUT2D eigenvalue weighted by Crippen LogP contribution is 2.26. The normalized spacial score (nSPS) is 12.6. The molecule has 0 spiro atoms. The van der Waals surface area contributed by atoms with Gasteiger partial charge in [0.05, 0.1) is 10.8 Å². The van der Waals surface area contributed by atoms with Gasteiger partial charge in [0.15, 0.2) is 0 Å². The Bertz CT molecular complexity index is 1110. The van der Waals surface area contributed by atoms with Crippen molar-refractivity contribution in [2.45, 2.75) is 31.6 Å². The van der Waals surface area contributed by atoms with Crippen molar-refractivity contribution in [2.24, 2.45) is 0 Å². The molecular weight excluding hydrogens is 414 g/mol. The number of carbonyl (C=O) groups excluding carboxylic acids is 1. The number of benzene rings is 3. The van der Waals surface area contributed by atoms with Crippen molar-refractivity contribution >= 4 is 28.7 Å². The van der Waals surface area contributed by atoms with Crippen molar-refractivity contribution < 1.29 is 17.8 Å². The number of allylic oxidation sites excluding steroid dienone is 1. The third kappa shape index (κ3) is 6.28. The monoisotopic (exact) mass is 438 g/mol. The molecule has 5 heteroatoms. The van der Waals surface area contributed by atoms with Crippen molar-refractivity contribution in [2.75, 3.05) is 5.75 Å². The van der Waals surface area contributed by atoms with Gasteiger partial charge in [-0.05, 0) is 78.8 Å². The molecule has 31 heavy (non-hydrogen) atoms. The lowest BCUT2D eigenvalue weighted by atomic mass is 9.97. The first-order valence-electron chi connectivity index (χ1n) is 10.0. The molecule has 3 rings (SSSR count). The second-order valence-electron chi connectivity index (χ2n) is 7.51. The summed E-state index contributed by atoms with van der Waals surface area (Å²) >= 11 is 0. The van der Waals surface area contributed by atoms with E-state index in [-0.39, 0.29) is 0 Å². The van der Waals surface area contributed by atoms with Crippen LogP contribution in [0.3, 0.4) is 0 Å². The van der Waals surface area contributed by atoms with Gasteiger partial charge in [0, 0.05) is 22.3 Å². The molecule has 0 radical (unpaired) electrons. The van der Waals surface area contributed by atoms with E-state index in [1.807, 2.05) is 38.1 Å². The van der Waals surface area contributed by atoms with Crippen LogP contribution in [0.5, 0.6) is 0 Å². The fraction of sp³-hybridized carbons (Fsp3) is 0.192. The second-order valence-corrected chi connectivity index (χ2v) is 9.08. The van der Waals surface area contributed by atoms with Crippen molar-refractivity contribution in [1.29, 1.82) is 0 Å². The minimum absolute atomic E-state index is 0.405. The lowest BCUT2D eigenvalue weighted by Crippen LogP contribution is -2.00. The summed E-state index contributed by atoms with van der Waals surface area (Å²) in [6.45, 7) is 4.05. The summed E-state index contributed by atoms with van der Waals surface area (Å²) in [7, 11) is -1.22. The van der Waals surface area contributed by atoms with Gasteiger partial charge in [-0.3, -0.25) is 9.00 Å². The molecule has 0 heterocycles. The van der Waals surface area contributed by atoms with Gasteiger partial charge < -0.3 is 0 Å². The second kappa shape index (κ2) is 10.4. The number of hydrogen-bond acceptors (Lipinski definition) is 2. The van der Waals surface area contributed by atoms with Crippen molar-refractivity contribution in [1.82, 2.24) is 0 Å². The van der Waals surface area contributed by atoms with E-state index in [0.29, 0.717) is 34.6 Å². The van der Waals surface area contributed by atoms with E-state index in [1.54, 1.807) is 24.3 Å². The molecule has 0 bridgehead atoms. The first kappa shape index (κ1) is 22.8. The summed E-state index contributed by atoms with van der Waals surface area (Å²) in [5.74, 6) is -0.845. The van der Waals surface area contributed by atoms with E-state index in [0.717, 1.165) is 29.1 Å². The van der Waals surface area contributed by atoms with E-state index in [1.165, 1.54) is 17.7 Å². The maximum absolute atomic E-state index is 13.8. The predicted octanol–water partition coefficient (Wildman–Crippen LogP) is 6.52. The van der Waals surface area contributed by atoms with Crippen LogP contribution >= 0.6 is 0 Å². The Morgan fingerprint density at radius 1 is 0.871 bits per heavy atom. The molecule has 160 valence electrons. The number of carbonyl (C=O) groups is 1. The first-order valence-corrected chi connectivity index (χ1v) is 11.4. The van der Waals surface area contributed by atoms with Gasteiger partial charge in [0.25, 0.3) is 0 Å². The SMILES string of the molecule is Cc1ccc(/C=C(\CCCS(=O)c2ccc(C=O)cc2)c2cc(F)cc(F)c2)cc1C. The molecule has 3 aromatic carbocycles. The van der Waals surface area contributed by atoms with Crippen LogP contribution in [0.2, 0.25) is 0 Å². The molecule has 0 fully saturated rings. The number of aryl methyl sites for hydroxylation is 2. The molecule has 0 aliphatic heterocycles. The van der Waals surface area contributed by atoms with Crippen LogP contribution in [0.25, 0.3) is 11.6 Å². The lowest BCUT2D eigenvalue weighted by molar-refractivity contribution is 0.112. The molecule has 2 nitrogen and oxygen atoms in total. The lowest BCUT2D eigenvalue weighted by Gasteiger charge is -2.11. The Morgan fingerprint density at radius 2 is 1.52 bits per heavy atom. The van der Waals surface area contributed by atoms with Gasteiger partial charge in [-0.15, -0.1) is 0 Å². The molecule has 3 aromatic rings. The van der Waals surface area contributed by atoms with E-state index in [9.17, 15) is 17.8 Å². The molecule has 1 atom stereocenters. The van der Waals surface area contributed by atoms with Gasteiger partial charge in [-0.1, -0.05) is 36.4 Å². The number of aldehydes is 1. The molecule has 0 saturated heterocycles. The molecule has 0 aliphatic rings. The summed E-state index contributed by atoms with van der Waals surface area (Å²) in [5.41, 5.74) is 5.07. The highest BCUT2D eigenvalue weighted by atomic mass is 32.2. The maximum atomic E-state index is 13.8. The summed E-state index contributed by atoms with van der Waals surface area (Å²) in [4.78, 5) is 11.4. The Kier molecular flexibility index (Phi) is 7.64. The topological polar surface area (TPSA) is 34.1 Å². The fourth-order valence-electron chi connectivity index (χ4n) is 3.30. The Hall–Kier alpha value is -2.92. The highest BCUT2D eigenvalue weighted by molar-refractivity contribution is 7.85. The molecule has 0 aliphatic carbocycles. The predicted molar refractivity (Wildman–Crippen MR) is 122 cm³/mol. The smallest absolute Gasteiger partial charge is 0.150 e. The molecule has 0 aromatic heterocycles. The summed E-state index contributed by atoms with van der Waals surface area (Å²) in [5, 5.41) is 0. The highest BCUT2D eigenvalue weighted by Gasteiger charge is 2.10. The molecule has 1 unspecified atom stereocenters. The first-order chi connectivity index (χ1) is 14.9. The molecular formula is C26H24F2O2S. The van der Waals surface area contributed by atoms with Gasteiger partial charge in [0.1, 0.15) is 17.9 Å². The number of hydrogen-bond donors (Lipinski definition) is 0. The van der Waals surface area contributed by atoms with Crippen LogP contribution in [0.15, 0.2) is 65.6 Å². The zero-order valence-electron chi connectivity index (χ0n) is 17.5. The zero-order chi connectivity index (χ0) is 22.4. The minimum Gasteiger partial charge on any atom is -0.298 e. The maximum Gasteiger partial charge on any atom is 0.150 e. The van der Waals surface area contributed by atoms with Crippen molar-refractivity contribution in [3.8, 4) is 0 Å². The summed E-state index contributed by atoms with van der Waals surface area (Å²) < 4.78 is 40.3. The number of halogens is 2. The molecule has 0 N–H and O–H groups in total. The van der Waals surface area contributed by atoms with Crippen LogP contribution in [-0.2, 0) is 10.8 Å². The third-order valence-electron chi connectivity index (χ3n) is 5.16. The van der Waals surface area contributed by atoms with Crippen molar-refractivity contribution in [3.63, 3.8) is 0 Å². The average molecular weight is 439 g/mol. The zero-order valence-corrected chi connectivity index (χ0v) is 18.3. The number of rotatable bonds is 8. The van der Waals surface area contributed by atoms with Gasteiger partial charge in [-0.25, -0.2) is 8.78 Å². The van der Waals surface area contributed by atoms with E-state index < -0.39 is 22.4 Å². The fourth-order valence-corrected chi connectivity index (χ4v) is 4.39.